The van der Waals surface area contributed by atoms with E-state index >= 15 is 0 Å². The molecular formula is C27H21Cl3N6O4. The van der Waals surface area contributed by atoms with Crippen molar-refractivity contribution >= 4 is 57.7 Å². The molecule has 5 aromatic rings. The van der Waals surface area contributed by atoms with Crippen LogP contribution in [-0.4, -0.2) is 55.4 Å². The molecule has 0 radical (unpaired) electrons. The van der Waals surface area contributed by atoms with Crippen LogP contribution in [0, 0.1) is 6.92 Å². The zero-order valence-corrected chi connectivity index (χ0v) is 23.3. The summed E-state index contributed by atoms with van der Waals surface area (Å²) >= 11 is 19.2. The Hall–Kier alpha value is -4.12. The van der Waals surface area contributed by atoms with Gasteiger partial charge in [0.1, 0.15) is 23.7 Å². The van der Waals surface area contributed by atoms with Gasteiger partial charge < -0.3 is 20.1 Å². The number of amides is 1. The topological polar surface area (TPSA) is 135 Å². The Morgan fingerprint density at radius 1 is 1.07 bits per heavy atom. The lowest BCUT2D eigenvalue weighted by Crippen LogP contribution is -2.30. The van der Waals surface area contributed by atoms with Gasteiger partial charge in [0.15, 0.2) is 0 Å². The minimum Gasteiger partial charge on any atom is -0.495 e. The molecule has 1 atom stereocenters. The van der Waals surface area contributed by atoms with Crippen LogP contribution in [0.4, 0.5) is 0 Å². The number of carboxylic acids is 1. The first kappa shape index (κ1) is 27.4. The first-order valence-corrected chi connectivity index (χ1v) is 13.0. The van der Waals surface area contributed by atoms with Gasteiger partial charge in [-0.05, 0) is 42.8 Å². The number of nitrogens with one attached hydrogen (secondary N) is 2. The molecular weight excluding hydrogens is 579 g/mol. The van der Waals surface area contributed by atoms with Gasteiger partial charge in [-0.2, -0.15) is 5.10 Å². The first-order chi connectivity index (χ1) is 19.1. The van der Waals surface area contributed by atoms with Crippen molar-refractivity contribution in [2.24, 2.45) is 0 Å². The Morgan fingerprint density at radius 2 is 1.77 bits per heavy atom. The molecule has 2 heterocycles. The van der Waals surface area contributed by atoms with Crippen molar-refractivity contribution in [1.82, 2.24) is 30.0 Å². The van der Waals surface area contributed by atoms with Crippen LogP contribution in [0.2, 0.25) is 15.1 Å². The molecule has 1 unspecified atom stereocenters. The number of aryl methyl sites for hydroxylation is 1. The number of nitrogens with zero attached hydrogens (tertiary/aromatic N) is 4. The molecule has 0 aliphatic carbocycles. The van der Waals surface area contributed by atoms with E-state index in [0.29, 0.717) is 39.1 Å². The summed E-state index contributed by atoms with van der Waals surface area (Å²) in [5, 5.41) is 17.1. The standard InChI is InChI=1S/C27H21Cl3N6O4/c1-13-32-12-36(35-13)16-7-19(29)24(20(30)8-16)26(37)31-11-17(14-3-5-15(6-4-14)27(38)39)25-33-21-9-18(28)23(40-2)10-22(21)34-25/h3-10,12,17H,11H2,1-2H3,(H,31,37)(H,33,34)(H,38,39). The minimum absolute atomic E-state index is 0.0899. The lowest BCUT2D eigenvalue weighted by molar-refractivity contribution is 0.0696. The molecule has 3 aromatic carbocycles. The summed E-state index contributed by atoms with van der Waals surface area (Å²) in [6, 6.07) is 12.9. The molecule has 3 N–H and O–H groups in total. The van der Waals surface area contributed by atoms with Gasteiger partial charge in [0.05, 0.1) is 55.9 Å². The number of hydrogen-bond donors (Lipinski definition) is 3. The van der Waals surface area contributed by atoms with Crippen molar-refractivity contribution in [3.8, 4) is 11.4 Å². The van der Waals surface area contributed by atoms with Gasteiger partial charge >= 0.3 is 5.97 Å². The second kappa shape index (κ2) is 11.2. The molecule has 5 rings (SSSR count). The number of H-pyrrole nitrogens is 1. The third-order valence-corrected chi connectivity index (χ3v) is 7.15. The van der Waals surface area contributed by atoms with Gasteiger partial charge in [0.2, 0.25) is 0 Å². The van der Waals surface area contributed by atoms with E-state index in [1.165, 1.54) is 30.3 Å². The fourth-order valence-corrected chi connectivity index (χ4v) is 5.13. The predicted molar refractivity (Wildman–Crippen MR) is 151 cm³/mol. The van der Waals surface area contributed by atoms with E-state index in [2.05, 4.69) is 20.4 Å². The van der Waals surface area contributed by atoms with Crippen LogP contribution in [0.5, 0.6) is 5.75 Å². The molecule has 0 saturated heterocycles. The quantitative estimate of drug-likeness (QED) is 0.209. The zero-order valence-electron chi connectivity index (χ0n) is 21.1. The average Bonchev–Trinajstić information content (AvgIpc) is 3.53. The van der Waals surface area contributed by atoms with E-state index in [9.17, 15) is 14.7 Å². The number of aromatic carboxylic acids is 1. The third kappa shape index (κ3) is 5.46. The molecule has 0 aliphatic heterocycles. The molecule has 0 spiro atoms. The number of aromatic amines is 1. The van der Waals surface area contributed by atoms with Gasteiger partial charge in [0.25, 0.3) is 5.91 Å². The SMILES string of the molecule is COc1cc2nc(C(CNC(=O)c3c(Cl)cc(-n4cnc(C)n4)cc3Cl)c3ccc(C(=O)O)cc3)[nH]c2cc1Cl. The summed E-state index contributed by atoms with van der Waals surface area (Å²) in [4.78, 5) is 36.7. The van der Waals surface area contributed by atoms with Gasteiger partial charge in [-0.25, -0.2) is 19.4 Å². The fraction of sp³-hybridized carbons (Fsp3) is 0.148. The van der Waals surface area contributed by atoms with Crippen LogP contribution in [0.1, 0.15) is 43.8 Å². The Bertz CT molecular complexity index is 1730. The molecule has 0 saturated carbocycles. The van der Waals surface area contributed by atoms with E-state index in [0.717, 1.165) is 5.56 Å². The molecule has 204 valence electrons. The van der Waals surface area contributed by atoms with Crippen LogP contribution < -0.4 is 10.1 Å². The van der Waals surface area contributed by atoms with Crippen LogP contribution in [0.25, 0.3) is 16.7 Å². The highest BCUT2D eigenvalue weighted by atomic mass is 35.5. The monoisotopic (exact) mass is 598 g/mol. The van der Waals surface area contributed by atoms with Crippen molar-refractivity contribution in [2.75, 3.05) is 13.7 Å². The van der Waals surface area contributed by atoms with Gasteiger partial charge in [0, 0.05) is 12.6 Å². The van der Waals surface area contributed by atoms with Crippen molar-refractivity contribution in [3.05, 3.63) is 98.3 Å². The molecule has 1 amide bonds. The molecule has 0 aliphatic rings. The number of carbonyl (C=O) groups excluding carboxylic acids is 1. The van der Waals surface area contributed by atoms with Gasteiger partial charge in [-0.15, -0.1) is 0 Å². The van der Waals surface area contributed by atoms with Crippen molar-refractivity contribution in [1.29, 1.82) is 0 Å². The maximum atomic E-state index is 13.3. The number of aromatic nitrogens is 5. The Labute approximate surface area is 242 Å². The highest BCUT2D eigenvalue weighted by Crippen LogP contribution is 2.32. The predicted octanol–water partition coefficient (Wildman–Crippen LogP) is 5.68. The molecule has 2 aromatic heterocycles. The smallest absolute Gasteiger partial charge is 0.335 e. The van der Waals surface area contributed by atoms with E-state index in [1.54, 1.807) is 43.3 Å². The number of halogens is 3. The van der Waals surface area contributed by atoms with Crippen molar-refractivity contribution in [3.63, 3.8) is 0 Å². The normalized spacial score (nSPS) is 11.9. The number of benzene rings is 3. The summed E-state index contributed by atoms with van der Waals surface area (Å²) in [5.41, 5.74) is 2.79. The molecule has 13 heteroatoms. The lowest BCUT2D eigenvalue weighted by atomic mass is 9.97. The summed E-state index contributed by atoms with van der Waals surface area (Å²) in [6.07, 6.45) is 1.52. The number of methoxy groups -OCH3 is 1. The van der Waals surface area contributed by atoms with Crippen LogP contribution in [0.15, 0.2) is 54.9 Å². The number of carbonyl (C=O) groups is 2. The van der Waals surface area contributed by atoms with E-state index < -0.39 is 17.8 Å². The second-order valence-corrected chi connectivity index (χ2v) is 10.1. The first-order valence-electron chi connectivity index (χ1n) is 11.9. The zero-order chi connectivity index (χ0) is 28.6. The molecule has 0 fully saturated rings. The van der Waals surface area contributed by atoms with Crippen LogP contribution in [-0.2, 0) is 0 Å². The van der Waals surface area contributed by atoms with Crippen molar-refractivity contribution in [2.45, 2.75) is 12.8 Å². The van der Waals surface area contributed by atoms with E-state index in [1.807, 2.05) is 0 Å². The maximum absolute atomic E-state index is 13.3. The third-order valence-electron chi connectivity index (χ3n) is 6.26. The van der Waals surface area contributed by atoms with Crippen LogP contribution >= 0.6 is 34.8 Å². The minimum atomic E-state index is -1.05. The number of fused-ring (bicyclic) bond motifs is 1. The number of carboxylic acid groups (broad SMARTS) is 1. The summed E-state index contributed by atoms with van der Waals surface area (Å²) in [7, 11) is 1.51. The number of imidazole rings is 1. The van der Waals surface area contributed by atoms with Crippen LogP contribution in [0.3, 0.4) is 0 Å². The van der Waals surface area contributed by atoms with Crippen molar-refractivity contribution < 1.29 is 19.4 Å². The highest BCUT2D eigenvalue weighted by molar-refractivity contribution is 6.40. The van der Waals surface area contributed by atoms with E-state index in [4.69, 9.17) is 44.5 Å². The number of rotatable bonds is 8. The second-order valence-electron chi connectivity index (χ2n) is 8.84. The molecule has 40 heavy (non-hydrogen) atoms. The lowest BCUT2D eigenvalue weighted by Gasteiger charge is -2.17. The fourth-order valence-electron chi connectivity index (χ4n) is 4.25. The maximum Gasteiger partial charge on any atom is 0.335 e. The largest absolute Gasteiger partial charge is 0.495 e. The van der Waals surface area contributed by atoms with E-state index in [-0.39, 0.29) is 27.7 Å². The summed E-state index contributed by atoms with van der Waals surface area (Å²) < 4.78 is 6.81. The van der Waals surface area contributed by atoms with Gasteiger partial charge in [-0.1, -0.05) is 46.9 Å². The Morgan fingerprint density at radius 3 is 2.38 bits per heavy atom. The molecule has 0 bridgehead atoms. The number of hydrogen-bond acceptors (Lipinski definition) is 6. The summed E-state index contributed by atoms with van der Waals surface area (Å²) in [6.45, 7) is 1.84. The molecule has 10 nitrogen and oxygen atoms in total. The Balaban J connectivity index is 1.46. The Kier molecular flexibility index (Phi) is 7.66. The average molecular weight is 600 g/mol. The number of ether oxygens (including phenoxy) is 1. The van der Waals surface area contributed by atoms with Gasteiger partial charge in [-0.3, -0.25) is 4.79 Å². The highest BCUT2D eigenvalue weighted by Gasteiger charge is 2.23. The summed E-state index contributed by atoms with van der Waals surface area (Å²) in [5.74, 6) is -0.463.